The molecule has 0 radical (unpaired) electrons. The largest absolute Gasteiger partial charge is 0.381 e. The van der Waals surface area contributed by atoms with Gasteiger partial charge in [0.1, 0.15) is 5.69 Å². The summed E-state index contributed by atoms with van der Waals surface area (Å²) in [6.45, 7) is 8.98. The first-order valence-corrected chi connectivity index (χ1v) is 13.7. The SMILES string of the molecule is CC(NC(=O)c1c(N(c2ccc(Cl)cc2)S(=O)(=O)O)c(C2CCOCC2)nn1C1CC1)C(C)(C)C. The average Bonchev–Trinajstić information content (AvgIpc) is 3.55. The molecule has 1 aliphatic heterocycles. The number of carbonyl (C=O) groups is 1. The summed E-state index contributed by atoms with van der Waals surface area (Å²) in [5.74, 6) is -0.551. The predicted octanol–water partition coefficient (Wildman–Crippen LogP) is 4.87. The first kappa shape index (κ1) is 25.9. The van der Waals surface area contributed by atoms with Crippen molar-refractivity contribution in [2.45, 2.75) is 71.4 Å². The summed E-state index contributed by atoms with van der Waals surface area (Å²) < 4.78 is 44.1. The average molecular weight is 525 g/mol. The van der Waals surface area contributed by atoms with E-state index in [2.05, 4.69) is 5.32 Å². The normalized spacial score (nSPS) is 18.3. The Morgan fingerprint density at radius 3 is 2.31 bits per heavy atom. The Hall–Kier alpha value is -2.14. The topological polar surface area (TPSA) is 114 Å². The molecule has 0 bridgehead atoms. The monoisotopic (exact) mass is 524 g/mol. The third-order valence-electron chi connectivity index (χ3n) is 6.77. The number of rotatable bonds is 7. The van der Waals surface area contributed by atoms with E-state index in [1.807, 2.05) is 27.7 Å². The molecule has 2 aromatic rings. The molecular formula is C24H33ClN4O5S. The summed E-state index contributed by atoms with van der Waals surface area (Å²) in [5, 5.41) is 8.27. The third-order valence-corrected chi connectivity index (χ3v) is 7.88. The van der Waals surface area contributed by atoms with Crippen LogP contribution in [0.5, 0.6) is 0 Å². The second-order valence-electron chi connectivity index (χ2n) is 10.4. The van der Waals surface area contributed by atoms with Crippen molar-refractivity contribution in [1.82, 2.24) is 15.1 Å². The second-order valence-corrected chi connectivity index (χ2v) is 12.1. The summed E-state index contributed by atoms with van der Waals surface area (Å²) in [6, 6.07) is 5.87. The second kappa shape index (κ2) is 9.72. The van der Waals surface area contributed by atoms with Gasteiger partial charge >= 0.3 is 10.3 Å². The molecule has 2 fully saturated rings. The molecule has 2 aliphatic rings. The number of hydrogen-bond acceptors (Lipinski definition) is 5. The molecule has 1 amide bonds. The Labute approximate surface area is 211 Å². The summed E-state index contributed by atoms with van der Waals surface area (Å²) in [4.78, 5) is 13.8. The molecule has 1 aromatic carbocycles. The molecule has 9 nitrogen and oxygen atoms in total. The van der Waals surface area contributed by atoms with Crippen LogP contribution in [0, 0.1) is 5.41 Å². The molecule has 1 unspecified atom stereocenters. The standard InChI is InChI=1S/C24H33ClN4O5S/c1-15(24(2,3)4)26-23(30)22-21(29(35(31,32)33)19-7-5-17(25)6-8-19)20(16-11-13-34-14-12-16)27-28(22)18-9-10-18/h5-8,15-16,18H,9-14H2,1-4H3,(H,26,30)(H,31,32,33). The maximum Gasteiger partial charge on any atom is 0.364 e. The number of aromatic nitrogens is 2. The first-order valence-electron chi connectivity index (χ1n) is 11.9. The number of anilines is 2. The minimum Gasteiger partial charge on any atom is -0.381 e. The van der Waals surface area contributed by atoms with Gasteiger partial charge in [0.15, 0.2) is 5.69 Å². The molecule has 1 aliphatic carbocycles. The summed E-state index contributed by atoms with van der Waals surface area (Å²) >= 11 is 6.04. The highest BCUT2D eigenvalue weighted by molar-refractivity contribution is 7.87. The highest BCUT2D eigenvalue weighted by atomic mass is 35.5. The lowest BCUT2D eigenvalue weighted by Crippen LogP contribution is -2.42. The van der Waals surface area contributed by atoms with Gasteiger partial charge in [-0.05, 0) is 62.3 Å². The maximum atomic E-state index is 13.8. The van der Waals surface area contributed by atoms with Crippen LogP contribution in [-0.4, -0.2) is 47.9 Å². The highest BCUT2D eigenvalue weighted by Crippen LogP contribution is 2.45. The molecular weight excluding hydrogens is 492 g/mol. The molecule has 1 atom stereocenters. The van der Waals surface area contributed by atoms with Gasteiger partial charge in [0.05, 0.1) is 17.4 Å². The number of amides is 1. The van der Waals surface area contributed by atoms with Crippen LogP contribution in [0.25, 0.3) is 0 Å². The van der Waals surface area contributed by atoms with Crippen LogP contribution in [-0.2, 0) is 15.0 Å². The van der Waals surface area contributed by atoms with Crippen molar-refractivity contribution in [3.05, 3.63) is 40.7 Å². The molecule has 0 spiro atoms. The number of benzene rings is 1. The van der Waals surface area contributed by atoms with E-state index >= 15 is 0 Å². The van der Waals surface area contributed by atoms with Crippen molar-refractivity contribution in [3.8, 4) is 0 Å². The molecule has 1 saturated heterocycles. The molecule has 2 heterocycles. The van der Waals surface area contributed by atoms with Crippen molar-refractivity contribution < 1.29 is 22.5 Å². The van der Waals surface area contributed by atoms with E-state index < -0.39 is 16.2 Å². The van der Waals surface area contributed by atoms with Crippen molar-refractivity contribution in [1.29, 1.82) is 0 Å². The third kappa shape index (κ3) is 5.66. The lowest BCUT2D eigenvalue weighted by molar-refractivity contribution is 0.0844. The number of halogens is 1. The van der Waals surface area contributed by atoms with Crippen LogP contribution in [0.1, 0.15) is 81.5 Å². The van der Waals surface area contributed by atoms with E-state index in [0.717, 1.165) is 17.1 Å². The van der Waals surface area contributed by atoms with Crippen LogP contribution >= 0.6 is 11.6 Å². The van der Waals surface area contributed by atoms with Gasteiger partial charge in [-0.25, -0.2) is 4.31 Å². The van der Waals surface area contributed by atoms with Gasteiger partial charge in [-0.2, -0.15) is 13.5 Å². The lowest BCUT2D eigenvalue weighted by Gasteiger charge is -2.29. The number of nitrogens with zero attached hydrogens (tertiary/aromatic N) is 3. The summed E-state index contributed by atoms with van der Waals surface area (Å²) in [6.07, 6.45) is 2.95. The zero-order valence-electron chi connectivity index (χ0n) is 20.5. The van der Waals surface area contributed by atoms with Crippen LogP contribution in [0.3, 0.4) is 0 Å². The Morgan fingerprint density at radius 2 is 1.80 bits per heavy atom. The molecule has 11 heteroatoms. The Kier molecular flexibility index (Phi) is 7.21. The summed E-state index contributed by atoms with van der Waals surface area (Å²) in [7, 11) is -4.82. The van der Waals surface area contributed by atoms with Crippen LogP contribution < -0.4 is 9.62 Å². The van der Waals surface area contributed by atoms with Gasteiger partial charge in [0.25, 0.3) is 5.91 Å². The van der Waals surface area contributed by atoms with Crippen molar-refractivity contribution in [2.24, 2.45) is 5.41 Å². The van der Waals surface area contributed by atoms with Gasteiger partial charge in [-0.1, -0.05) is 32.4 Å². The molecule has 4 rings (SSSR count). The van der Waals surface area contributed by atoms with Gasteiger partial charge in [-0.3, -0.25) is 14.0 Å². The minimum absolute atomic E-state index is 0.00139. The van der Waals surface area contributed by atoms with Gasteiger partial charge < -0.3 is 10.1 Å². The van der Waals surface area contributed by atoms with Crippen LogP contribution in [0.2, 0.25) is 5.02 Å². The summed E-state index contributed by atoms with van der Waals surface area (Å²) in [5.41, 5.74) is 0.646. The fourth-order valence-corrected chi connectivity index (χ4v) is 5.04. The van der Waals surface area contributed by atoms with Crippen molar-refractivity contribution in [3.63, 3.8) is 0 Å². The molecule has 192 valence electrons. The van der Waals surface area contributed by atoms with E-state index in [1.54, 1.807) is 4.68 Å². The zero-order valence-corrected chi connectivity index (χ0v) is 22.1. The highest BCUT2D eigenvalue weighted by Gasteiger charge is 2.41. The van der Waals surface area contributed by atoms with Crippen molar-refractivity contribution in [2.75, 3.05) is 17.5 Å². The van der Waals surface area contributed by atoms with Crippen LogP contribution in [0.4, 0.5) is 11.4 Å². The smallest absolute Gasteiger partial charge is 0.364 e. The fourth-order valence-electron chi connectivity index (χ4n) is 4.12. The van der Waals surface area contributed by atoms with Crippen molar-refractivity contribution >= 4 is 39.2 Å². The Balaban J connectivity index is 1.94. The number of carbonyl (C=O) groups excluding carboxylic acids is 1. The van der Waals surface area contributed by atoms with E-state index in [9.17, 15) is 17.8 Å². The molecule has 2 N–H and O–H groups in total. The molecule has 1 saturated carbocycles. The van der Waals surface area contributed by atoms with Gasteiger partial charge in [-0.15, -0.1) is 0 Å². The van der Waals surface area contributed by atoms with Gasteiger partial charge in [0, 0.05) is 30.2 Å². The van der Waals surface area contributed by atoms with Crippen LogP contribution in [0.15, 0.2) is 24.3 Å². The molecule has 35 heavy (non-hydrogen) atoms. The van der Waals surface area contributed by atoms with E-state index in [0.29, 0.717) is 36.8 Å². The fraction of sp³-hybridized carbons (Fsp3) is 0.583. The lowest BCUT2D eigenvalue weighted by atomic mass is 9.88. The van der Waals surface area contributed by atoms with E-state index in [4.69, 9.17) is 21.4 Å². The van der Waals surface area contributed by atoms with E-state index in [-0.39, 0.29) is 40.5 Å². The zero-order chi connectivity index (χ0) is 25.5. The molecule has 1 aromatic heterocycles. The van der Waals surface area contributed by atoms with E-state index in [1.165, 1.54) is 24.3 Å². The number of nitrogens with one attached hydrogen (secondary N) is 1. The first-order chi connectivity index (χ1) is 16.4. The number of hydrogen-bond donors (Lipinski definition) is 2. The quantitative estimate of drug-likeness (QED) is 0.499. The predicted molar refractivity (Wildman–Crippen MR) is 135 cm³/mol. The Bertz CT molecular complexity index is 1180. The Morgan fingerprint density at radius 1 is 1.20 bits per heavy atom. The maximum absolute atomic E-state index is 13.8. The van der Waals surface area contributed by atoms with Gasteiger partial charge in [0.2, 0.25) is 0 Å². The minimum atomic E-state index is -4.82. The number of ether oxygens (including phenoxy) is 1.